The first-order valence-corrected chi connectivity index (χ1v) is 11.9. The van der Waals surface area contributed by atoms with E-state index in [1.54, 1.807) is 0 Å². The highest BCUT2D eigenvalue weighted by Crippen LogP contribution is 2.64. The normalized spacial score (nSPS) is 41.7. The third kappa shape index (κ3) is 3.55. The van der Waals surface area contributed by atoms with Crippen molar-refractivity contribution in [3.63, 3.8) is 0 Å². The second kappa shape index (κ2) is 7.13. The summed E-state index contributed by atoms with van der Waals surface area (Å²) in [4.78, 5) is 24.9. The van der Waals surface area contributed by atoms with E-state index in [1.807, 2.05) is 0 Å². The van der Waals surface area contributed by atoms with Gasteiger partial charge in [-0.05, 0) is 101 Å². The van der Waals surface area contributed by atoms with Gasteiger partial charge < -0.3 is 9.47 Å². The highest BCUT2D eigenvalue weighted by Gasteiger charge is 2.58. The Balaban J connectivity index is 1.08. The number of fused-ring (bicyclic) bond motifs is 2. The van der Waals surface area contributed by atoms with E-state index in [-0.39, 0.29) is 23.3 Å². The van der Waals surface area contributed by atoms with E-state index in [0.29, 0.717) is 31.3 Å². The van der Waals surface area contributed by atoms with Crippen LogP contribution in [0, 0.1) is 40.9 Å². The van der Waals surface area contributed by atoms with E-state index in [9.17, 15) is 9.59 Å². The number of rotatable bonds is 7. The van der Waals surface area contributed by atoms with E-state index in [0.717, 1.165) is 30.6 Å². The van der Waals surface area contributed by atoms with Gasteiger partial charge in [-0.2, -0.15) is 0 Å². The number of carbonyl (C=O) groups is 2. The van der Waals surface area contributed by atoms with Crippen LogP contribution in [0.4, 0.5) is 0 Å². The molecule has 5 saturated carbocycles. The lowest BCUT2D eigenvalue weighted by Gasteiger charge is -2.61. The lowest BCUT2D eigenvalue weighted by molar-refractivity contribution is -0.199. The molecular formula is C25H36O4. The van der Waals surface area contributed by atoms with Gasteiger partial charge in [0.1, 0.15) is 5.60 Å². The summed E-state index contributed by atoms with van der Waals surface area (Å²) in [5, 5.41) is 0. The molecule has 0 N–H and O–H groups in total. The Kier molecular flexibility index (Phi) is 4.83. The minimum Gasteiger partial charge on any atom is -0.465 e. The molecule has 6 bridgehead atoms. The van der Waals surface area contributed by atoms with Crippen LogP contribution in [0.3, 0.4) is 0 Å². The fraction of sp³-hybridized carbons (Fsp3) is 0.840. The summed E-state index contributed by atoms with van der Waals surface area (Å²) >= 11 is 0. The van der Waals surface area contributed by atoms with Crippen molar-refractivity contribution < 1.29 is 19.1 Å². The molecule has 0 spiro atoms. The predicted molar refractivity (Wildman–Crippen MR) is 110 cm³/mol. The molecule has 3 atom stereocenters. The molecule has 0 radical (unpaired) electrons. The highest BCUT2D eigenvalue weighted by atomic mass is 16.6. The topological polar surface area (TPSA) is 52.6 Å². The number of esters is 2. The molecule has 4 nitrogen and oxygen atoms in total. The fourth-order valence-electron chi connectivity index (χ4n) is 7.84. The minimum absolute atomic E-state index is 0.0342. The molecule has 6 rings (SSSR count). The molecule has 0 heterocycles. The number of hydrogen-bond acceptors (Lipinski definition) is 4. The van der Waals surface area contributed by atoms with Gasteiger partial charge in [0, 0.05) is 11.8 Å². The van der Waals surface area contributed by atoms with Crippen molar-refractivity contribution in [3.05, 3.63) is 12.2 Å². The van der Waals surface area contributed by atoms with Crippen LogP contribution >= 0.6 is 0 Å². The van der Waals surface area contributed by atoms with Crippen molar-refractivity contribution in [1.29, 1.82) is 0 Å². The quantitative estimate of drug-likeness (QED) is 0.340. The van der Waals surface area contributed by atoms with Crippen LogP contribution in [0.25, 0.3) is 0 Å². The standard InChI is InChI=1S/C25H36O4/c1-24(2,25-13-17-8-18(14-25)10-19(9-17)15-25)29-22(26)4-3-7-28-23(27)21-12-16-5-6-20(21)11-16/h5-6,16-21H,3-4,7-15H2,1-2H3. The maximum absolute atomic E-state index is 12.6. The van der Waals surface area contributed by atoms with Gasteiger partial charge in [0.2, 0.25) is 0 Å². The van der Waals surface area contributed by atoms with Crippen molar-refractivity contribution >= 4 is 11.9 Å². The summed E-state index contributed by atoms with van der Waals surface area (Å²) in [5.41, 5.74) is -0.217. The van der Waals surface area contributed by atoms with Crippen molar-refractivity contribution in [2.45, 2.75) is 83.7 Å². The van der Waals surface area contributed by atoms with Crippen LogP contribution in [-0.4, -0.2) is 24.1 Å². The molecule has 3 unspecified atom stereocenters. The Morgan fingerprint density at radius 2 is 1.62 bits per heavy atom. The fourth-order valence-corrected chi connectivity index (χ4v) is 7.84. The molecular weight excluding hydrogens is 364 g/mol. The first-order chi connectivity index (χ1) is 13.8. The molecule has 160 valence electrons. The summed E-state index contributed by atoms with van der Waals surface area (Å²) in [6.45, 7) is 4.60. The maximum Gasteiger partial charge on any atom is 0.309 e. The Bertz CT molecular complexity index is 670. The molecule has 0 aromatic rings. The lowest BCUT2D eigenvalue weighted by Crippen LogP contribution is -2.57. The minimum atomic E-state index is -0.397. The Hall–Kier alpha value is -1.32. The third-order valence-corrected chi connectivity index (χ3v) is 9.04. The van der Waals surface area contributed by atoms with Crippen molar-refractivity contribution in [2.75, 3.05) is 6.61 Å². The predicted octanol–water partition coefficient (Wildman–Crippen LogP) is 5.06. The SMILES string of the molecule is CC(C)(OC(=O)CCCOC(=O)C1CC2C=CC1C2)C12CC3CC(CC(C3)C1)C2. The van der Waals surface area contributed by atoms with Gasteiger partial charge in [0.05, 0.1) is 12.5 Å². The number of ether oxygens (including phenoxy) is 2. The van der Waals surface area contributed by atoms with E-state index in [4.69, 9.17) is 9.47 Å². The maximum atomic E-state index is 12.6. The van der Waals surface area contributed by atoms with Crippen LogP contribution < -0.4 is 0 Å². The highest BCUT2D eigenvalue weighted by molar-refractivity contribution is 5.74. The van der Waals surface area contributed by atoms with Crippen LogP contribution in [0.1, 0.15) is 78.1 Å². The first-order valence-electron chi connectivity index (χ1n) is 11.9. The second-order valence-electron chi connectivity index (χ2n) is 11.3. The van der Waals surface area contributed by atoms with Crippen molar-refractivity contribution in [2.24, 2.45) is 40.9 Å². The summed E-state index contributed by atoms with van der Waals surface area (Å²) < 4.78 is 11.6. The Labute approximate surface area is 174 Å². The zero-order chi connectivity index (χ0) is 20.2. The van der Waals surface area contributed by atoms with Crippen LogP contribution in [0.2, 0.25) is 0 Å². The number of carbonyl (C=O) groups excluding carboxylic acids is 2. The zero-order valence-electron chi connectivity index (χ0n) is 18.0. The molecule has 29 heavy (non-hydrogen) atoms. The van der Waals surface area contributed by atoms with Crippen LogP contribution in [0.5, 0.6) is 0 Å². The van der Waals surface area contributed by atoms with Gasteiger partial charge in [-0.3, -0.25) is 9.59 Å². The molecule has 0 aromatic carbocycles. The van der Waals surface area contributed by atoms with E-state index in [2.05, 4.69) is 26.0 Å². The van der Waals surface area contributed by atoms with Gasteiger partial charge in [0.15, 0.2) is 0 Å². The van der Waals surface area contributed by atoms with E-state index in [1.165, 1.54) is 38.5 Å². The molecule has 0 aliphatic heterocycles. The van der Waals surface area contributed by atoms with Crippen LogP contribution in [0.15, 0.2) is 12.2 Å². The average Bonchev–Trinajstić information content (AvgIpc) is 3.27. The van der Waals surface area contributed by atoms with Crippen LogP contribution in [-0.2, 0) is 19.1 Å². The monoisotopic (exact) mass is 400 g/mol. The molecule has 5 fully saturated rings. The number of hydrogen-bond donors (Lipinski definition) is 0. The zero-order valence-corrected chi connectivity index (χ0v) is 18.0. The Morgan fingerprint density at radius 3 is 2.17 bits per heavy atom. The van der Waals surface area contributed by atoms with Gasteiger partial charge in [-0.1, -0.05) is 12.2 Å². The van der Waals surface area contributed by atoms with Crippen molar-refractivity contribution in [3.8, 4) is 0 Å². The van der Waals surface area contributed by atoms with E-state index >= 15 is 0 Å². The van der Waals surface area contributed by atoms with Gasteiger partial charge >= 0.3 is 11.9 Å². The largest absolute Gasteiger partial charge is 0.465 e. The first kappa shape index (κ1) is 19.6. The molecule has 0 saturated heterocycles. The molecule has 6 aliphatic rings. The third-order valence-electron chi connectivity index (χ3n) is 9.04. The summed E-state index contributed by atoms with van der Waals surface area (Å²) in [6.07, 6.45) is 15.2. The lowest BCUT2D eigenvalue weighted by atomic mass is 9.46. The smallest absolute Gasteiger partial charge is 0.309 e. The van der Waals surface area contributed by atoms with Crippen molar-refractivity contribution in [1.82, 2.24) is 0 Å². The molecule has 4 heteroatoms. The second-order valence-corrected chi connectivity index (χ2v) is 11.3. The van der Waals surface area contributed by atoms with Gasteiger partial charge in [-0.25, -0.2) is 0 Å². The average molecular weight is 401 g/mol. The summed E-state index contributed by atoms with van der Waals surface area (Å²) in [5.74, 6) is 3.30. The Morgan fingerprint density at radius 1 is 0.966 bits per heavy atom. The van der Waals surface area contributed by atoms with Gasteiger partial charge in [-0.15, -0.1) is 0 Å². The summed E-state index contributed by atoms with van der Waals surface area (Å²) in [6, 6.07) is 0. The molecule has 0 amide bonds. The summed E-state index contributed by atoms with van der Waals surface area (Å²) in [7, 11) is 0. The molecule has 6 aliphatic carbocycles. The van der Waals surface area contributed by atoms with E-state index < -0.39 is 5.60 Å². The molecule has 0 aromatic heterocycles. The van der Waals surface area contributed by atoms with Gasteiger partial charge in [0.25, 0.3) is 0 Å². The number of allylic oxidation sites excluding steroid dienone is 2.